The second kappa shape index (κ2) is 6.63. The zero-order chi connectivity index (χ0) is 14.4. The Kier molecular flexibility index (Phi) is 4.62. The van der Waals surface area contributed by atoms with E-state index in [2.05, 4.69) is 24.0 Å². The Morgan fingerprint density at radius 1 is 1.15 bits per heavy atom. The Hall–Kier alpha value is -2.47. The van der Waals surface area contributed by atoms with Crippen molar-refractivity contribution in [2.75, 3.05) is 17.2 Å². The van der Waals surface area contributed by atoms with Crippen molar-refractivity contribution in [1.82, 2.24) is 0 Å². The van der Waals surface area contributed by atoms with Crippen LogP contribution in [0, 0.1) is 11.3 Å². The van der Waals surface area contributed by atoms with Gasteiger partial charge in [-0.2, -0.15) is 5.26 Å². The van der Waals surface area contributed by atoms with Gasteiger partial charge in [-0.1, -0.05) is 25.1 Å². The fourth-order valence-corrected chi connectivity index (χ4v) is 2.20. The minimum atomic E-state index is 0.694. The van der Waals surface area contributed by atoms with Crippen molar-refractivity contribution in [3.05, 3.63) is 59.7 Å². The van der Waals surface area contributed by atoms with Gasteiger partial charge in [0.05, 0.1) is 11.6 Å². The van der Waals surface area contributed by atoms with Crippen molar-refractivity contribution < 1.29 is 0 Å². The van der Waals surface area contributed by atoms with Crippen LogP contribution in [-0.4, -0.2) is 6.54 Å². The van der Waals surface area contributed by atoms with Crippen molar-refractivity contribution in [2.45, 2.75) is 19.9 Å². The van der Waals surface area contributed by atoms with E-state index >= 15 is 0 Å². The molecule has 2 N–H and O–H groups in total. The summed E-state index contributed by atoms with van der Waals surface area (Å²) in [6.07, 6.45) is 1.07. The lowest BCUT2D eigenvalue weighted by molar-refractivity contribution is 0.767. The number of nitrogen functional groups attached to an aromatic ring is 1. The second-order valence-electron chi connectivity index (χ2n) is 4.83. The molecule has 0 saturated carbocycles. The largest absolute Gasteiger partial charge is 0.399 e. The van der Waals surface area contributed by atoms with Crippen molar-refractivity contribution in [2.24, 2.45) is 0 Å². The van der Waals surface area contributed by atoms with Crippen molar-refractivity contribution in [3.63, 3.8) is 0 Å². The van der Waals surface area contributed by atoms with Crippen LogP contribution in [0.2, 0.25) is 0 Å². The van der Waals surface area contributed by atoms with E-state index in [1.165, 1.54) is 5.56 Å². The lowest BCUT2D eigenvalue weighted by atomic mass is 10.1. The van der Waals surface area contributed by atoms with Crippen LogP contribution in [0.25, 0.3) is 0 Å². The topological polar surface area (TPSA) is 53.0 Å². The van der Waals surface area contributed by atoms with Gasteiger partial charge in [0, 0.05) is 24.5 Å². The Morgan fingerprint density at radius 3 is 2.50 bits per heavy atom. The number of hydrogen-bond donors (Lipinski definition) is 1. The lowest BCUT2D eigenvalue weighted by Crippen LogP contribution is -2.23. The maximum absolute atomic E-state index is 8.83. The minimum absolute atomic E-state index is 0.694. The van der Waals surface area contributed by atoms with Crippen LogP contribution in [-0.2, 0) is 6.54 Å². The summed E-state index contributed by atoms with van der Waals surface area (Å²) in [6, 6.07) is 17.8. The van der Waals surface area contributed by atoms with Crippen LogP contribution in [0.15, 0.2) is 48.5 Å². The first-order valence-corrected chi connectivity index (χ1v) is 6.82. The van der Waals surface area contributed by atoms with E-state index in [1.54, 1.807) is 0 Å². The molecule has 102 valence electrons. The van der Waals surface area contributed by atoms with E-state index < -0.39 is 0 Å². The molecule has 0 aliphatic carbocycles. The minimum Gasteiger partial charge on any atom is -0.399 e. The van der Waals surface area contributed by atoms with E-state index in [-0.39, 0.29) is 0 Å². The van der Waals surface area contributed by atoms with Crippen LogP contribution in [0.3, 0.4) is 0 Å². The Balaban J connectivity index is 2.18. The molecule has 2 rings (SSSR count). The maximum atomic E-state index is 8.83. The van der Waals surface area contributed by atoms with Gasteiger partial charge in [0.25, 0.3) is 0 Å². The Morgan fingerprint density at radius 2 is 1.90 bits per heavy atom. The summed E-state index contributed by atoms with van der Waals surface area (Å²) in [5.41, 5.74) is 9.67. The van der Waals surface area contributed by atoms with Crippen molar-refractivity contribution in [1.29, 1.82) is 5.26 Å². The molecule has 0 radical (unpaired) electrons. The Bertz CT molecular complexity index is 596. The molecule has 0 aromatic heterocycles. The number of nitrogens with zero attached hydrogens (tertiary/aromatic N) is 2. The van der Waals surface area contributed by atoms with Gasteiger partial charge in [0.15, 0.2) is 0 Å². The molecule has 2 aromatic rings. The summed E-state index contributed by atoms with van der Waals surface area (Å²) in [5.74, 6) is 0. The molecule has 0 bridgehead atoms. The monoisotopic (exact) mass is 265 g/mol. The molecule has 0 unspecified atom stereocenters. The fraction of sp³-hybridized carbons (Fsp3) is 0.235. The molecule has 0 aliphatic heterocycles. The predicted octanol–water partition coefficient (Wildman–Crippen LogP) is 3.56. The SMILES string of the molecule is CCCN(Cc1ccc(C#N)cc1)c1cccc(N)c1. The number of hydrogen-bond acceptors (Lipinski definition) is 3. The number of benzene rings is 2. The second-order valence-corrected chi connectivity index (χ2v) is 4.83. The molecule has 20 heavy (non-hydrogen) atoms. The first-order valence-electron chi connectivity index (χ1n) is 6.82. The van der Waals surface area contributed by atoms with E-state index in [1.807, 2.05) is 42.5 Å². The zero-order valence-corrected chi connectivity index (χ0v) is 11.7. The van der Waals surface area contributed by atoms with Gasteiger partial charge in [-0.25, -0.2) is 0 Å². The summed E-state index contributed by atoms with van der Waals surface area (Å²) >= 11 is 0. The smallest absolute Gasteiger partial charge is 0.0991 e. The van der Waals surface area contributed by atoms with E-state index in [0.29, 0.717) is 5.56 Å². The van der Waals surface area contributed by atoms with Gasteiger partial charge >= 0.3 is 0 Å². The van der Waals surface area contributed by atoms with Gasteiger partial charge in [-0.15, -0.1) is 0 Å². The number of rotatable bonds is 5. The van der Waals surface area contributed by atoms with Gasteiger partial charge in [0.2, 0.25) is 0 Å². The van der Waals surface area contributed by atoms with E-state index in [9.17, 15) is 0 Å². The van der Waals surface area contributed by atoms with Gasteiger partial charge in [-0.05, 0) is 42.3 Å². The van der Waals surface area contributed by atoms with E-state index in [0.717, 1.165) is 30.9 Å². The summed E-state index contributed by atoms with van der Waals surface area (Å²) in [6.45, 7) is 3.96. The average molecular weight is 265 g/mol. The average Bonchev–Trinajstić information content (AvgIpc) is 2.47. The number of anilines is 2. The molecule has 3 nitrogen and oxygen atoms in total. The lowest BCUT2D eigenvalue weighted by Gasteiger charge is -2.24. The summed E-state index contributed by atoms with van der Waals surface area (Å²) in [5, 5.41) is 8.83. The quantitative estimate of drug-likeness (QED) is 0.841. The third kappa shape index (κ3) is 3.52. The molecule has 0 spiro atoms. The fourth-order valence-electron chi connectivity index (χ4n) is 2.20. The normalized spacial score (nSPS) is 10.0. The summed E-state index contributed by atoms with van der Waals surface area (Å²) in [7, 11) is 0. The summed E-state index contributed by atoms with van der Waals surface area (Å²) in [4.78, 5) is 2.30. The molecule has 3 heteroatoms. The number of nitriles is 1. The maximum Gasteiger partial charge on any atom is 0.0991 e. The third-order valence-corrected chi connectivity index (χ3v) is 3.19. The highest BCUT2D eigenvalue weighted by Crippen LogP contribution is 2.20. The number of nitrogens with two attached hydrogens (primary N) is 1. The van der Waals surface area contributed by atoms with E-state index in [4.69, 9.17) is 11.0 Å². The van der Waals surface area contributed by atoms with Gasteiger partial charge in [-0.3, -0.25) is 0 Å². The predicted molar refractivity (Wildman–Crippen MR) is 83.4 cm³/mol. The molecule has 0 amide bonds. The van der Waals surface area contributed by atoms with Crippen LogP contribution in [0.5, 0.6) is 0 Å². The zero-order valence-electron chi connectivity index (χ0n) is 11.7. The molecule has 0 atom stereocenters. The molecule has 0 saturated heterocycles. The first-order chi connectivity index (χ1) is 9.72. The van der Waals surface area contributed by atoms with Crippen molar-refractivity contribution >= 4 is 11.4 Å². The molecule has 0 aliphatic rings. The van der Waals surface area contributed by atoms with Crippen molar-refractivity contribution in [3.8, 4) is 6.07 Å². The van der Waals surface area contributed by atoms with Crippen LogP contribution >= 0.6 is 0 Å². The molecule has 0 fully saturated rings. The highest BCUT2D eigenvalue weighted by atomic mass is 15.1. The highest BCUT2D eigenvalue weighted by molar-refractivity contribution is 5.56. The standard InChI is InChI=1S/C17H19N3/c1-2-10-20(17-5-3-4-16(19)11-17)13-15-8-6-14(12-18)7-9-15/h3-9,11H,2,10,13,19H2,1H3. The molecule has 0 heterocycles. The first kappa shape index (κ1) is 14.0. The summed E-state index contributed by atoms with van der Waals surface area (Å²) < 4.78 is 0. The van der Waals surface area contributed by atoms with Crippen LogP contribution in [0.1, 0.15) is 24.5 Å². The highest BCUT2D eigenvalue weighted by Gasteiger charge is 2.07. The Labute approximate surface area is 120 Å². The van der Waals surface area contributed by atoms with Gasteiger partial charge in [0.1, 0.15) is 0 Å². The van der Waals surface area contributed by atoms with Gasteiger partial charge < -0.3 is 10.6 Å². The molecular weight excluding hydrogens is 246 g/mol. The molecular formula is C17H19N3. The molecule has 2 aromatic carbocycles. The van der Waals surface area contributed by atoms with Crippen LogP contribution < -0.4 is 10.6 Å². The third-order valence-electron chi connectivity index (χ3n) is 3.19. The van der Waals surface area contributed by atoms with Crippen LogP contribution in [0.4, 0.5) is 11.4 Å².